The molecular weight excluding hydrogens is 290 g/mol. The molecule has 0 fully saturated rings. The Morgan fingerprint density at radius 1 is 1.04 bits per heavy atom. The van der Waals surface area contributed by atoms with Gasteiger partial charge in [-0.05, 0) is 17.7 Å². The molecule has 0 spiro atoms. The highest BCUT2D eigenvalue weighted by Gasteiger charge is 2.09. The predicted octanol–water partition coefficient (Wildman–Crippen LogP) is 2.26. The number of ether oxygens (including phenoxy) is 1. The van der Waals surface area contributed by atoms with Crippen LogP contribution < -0.4 is 11.1 Å². The van der Waals surface area contributed by atoms with E-state index >= 15 is 0 Å². The third-order valence-corrected chi connectivity index (χ3v) is 3.44. The summed E-state index contributed by atoms with van der Waals surface area (Å²) in [5.74, 6) is 0.870. The molecule has 0 atom stereocenters. The van der Waals surface area contributed by atoms with E-state index < -0.39 is 0 Å². The van der Waals surface area contributed by atoms with Gasteiger partial charge in [-0.25, -0.2) is 9.97 Å². The van der Waals surface area contributed by atoms with Gasteiger partial charge >= 0.3 is 0 Å². The monoisotopic (exact) mass is 309 g/mol. The van der Waals surface area contributed by atoms with Crippen molar-refractivity contribution >= 4 is 22.8 Å². The molecule has 0 aliphatic rings. The van der Waals surface area contributed by atoms with Crippen LogP contribution in [0.1, 0.15) is 11.3 Å². The maximum Gasteiger partial charge on any atom is 0.222 e. The lowest BCUT2D eigenvalue weighted by Gasteiger charge is -2.10. The van der Waals surface area contributed by atoms with Gasteiger partial charge in [0, 0.05) is 25.8 Å². The van der Waals surface area contributed by atoms with Crippen molar-refractivity contribution in [3.05, 3.63) is 53.7 Å². The maximum atomic E-state index is 5.77. The first-order valence-electron chi connectivity index (χ1n) is 7.46. The molecule has 6 heteroatoms. The third-order valence-electron chi connectivity index (χ3n) is 3.44. The van der Waals surface area contributed by atoms with Crippen molar-refractivity contribution < 1.29 is 4.74 Å². The molecule has 0 bridgehead atoms. The van der Waals surface area contributed by atoms with E-state index in [4.69, 9.17) is 15.5 Å². The van der Waals surface area contributed by atoms with Gasteiger partial charge in [0.1, 0.15) is 5.52 Å². The Bertz CT molecular complexity index is 792. The second-order valence-corrected chi connectivity index (χ2v) is 5.18. The fourth-order valence-electron chi connectivity index (χ4n) is 2.37. The Hall–Kier alpha value is -2.73. The lowest BCUT2D eigenvalue weighted by molar-refractivity contribution is 0.210. The van der Waals surface area contributed by atoms with Crippen LogP contribution in [-0.4, -0.2) is 35.2 Å². The van der Waals surface area contributed by atoms with E-state index in [0.29, 0.717) is 19.0 Å². The zero-order chi connectivity index (χ0) is 16.1. The molecule has 0 aliphatic heterocycles. The first kappa shape index (κ1) is 15.2. The Morgan fingerprint density at radius 2 is 1.87 bits per heavy atom. The molecule has 0 radical (unpaired) electrons. The normalized spacial score (nSPS) is 10.8. The van der Waals surface area contributed by atoms with E-state index in [9.17, 15) is 0 Å². The summed E-state index contributed by atoms with van der Waals surface area (Å²) in [4.78, 5) is 13.2. The second kappa shape index (κ2) is 7.02. The average molecular weight is 309 g/mol. The fraction of sp³-hybridized carbons (Fsp3) is 0.235. The number of nitrogens with one attached hydrogen (secondary N) is 1. The molecule has 3 N–H and O–H groups in total. The molecule has 0 amide bonds. The summed E-state index contributed by atoms with van der Waals surface area (Å²) >= 11 is 0. The van der Waals surface area contributed by atoms with Crippen LogP contribution >= 0.6 is 0 Å². The number of rotatable bonds is 6. The molecular formula is C17H19N5O. The van der Waals surface area contributed by atoms with Crippen molar-refractivity contribution in [2.24, 2.45) is 0 Å². The molecule has 2 aromatic heterocycles. The number of nitrogens with two attached hydrogens (primary N) is 1. The molecule has 0 unspecified atom stereocenters. The van der Waals surface area contributed by atoms with Gasteiger partial charge in [-0.3, -0.25) is 0 Å². The molecule has 0 saturated carbocycles. The minimum Gasteiger partial charge on any atom is -0.383 e. The number of hydrogen-bond donors (Lipinski definition) is 2. The lowest BCUT2D eigenvalue weighted by Crippen LogP contribution is -2.11. The standard InChI is InChI=1S/C17H19N5O/c1-23-10-9-19-16-15-14(21-17(18)22-16)8-7-13(20-15)11-12-5-3-2-4-6-12/h2-8H,9-11H2,1H3,(H3,18,19,21,22). The summed E-state index contributed by atoms with van der Waals surface area (Å²) in [6.45, 7) is 1.21. The SMILES string of the molecule is COCCNc1nc(N)nc2ccc(Cc3ccccc3)nc12. The molecule has 0 aliphatic carbocycles. The van der Waals surface area contributed by atoms with Crippen LogP contribution in [0.5, 0.6) is 0 Å². The van der Waals surface area contributed by atoms with E-state index in [-0.39, 0.29) is 5.95 Å². The van der Waals surface area contributed by atoms with Crippen molar-refractivity contribution in [1.29, 1.82) is 0 Å². The van der Waals surface area contributed by atoms with Gasteiger partial charge in [-0.15, -0.1) is 0 Å². The molecule has 2 heterocycles. The van der Waals surface area contributed by atoms with Crippen LogP contribution in [0.3, 0.4) is 0 Å². The van der Waals surface area contributed by atoms with Crippen molar-refractivity contribution in [3.63, 3.8) is 0 Å². The quantitative estimate of drug-likeness (QED) is 0.679. The molecule has 118 valence electrons. The highest BCUT2D eigenvalue weighted by atomic mass is 16.5. The van der Waals surface area contributed by atoms with Gasteiger partial charge in [0.2, 0.25) is 5.95 Å². The number of nitrogens with zero attached hydrogens (tertiary/aromatic N) is 3. The van der Waals surface area contributed by atoms with Crippen molar-refractivity contribution in [2.45, 2.75) is 6.42 Å². The van der Waals surface area contributed by atoms with Crippen molar-refractivity contribution in [2.75, 3.05) is 31.3 Å². The summed E-state index contributed by atoms with van der Waals surface area (Å²) in [5.41, 5.74) is 9.40. The summed E-state index contributed by atoms with van der Waals surface area (Å²) in [6, 6.07) is 14.1. The fourth-order valence-corrected chi connectivity index (χ4v) is 2.37. The predicted molar refractivity (Wildman–Crippen MR) is 91.4 cm³/mol. The first-order valence-corrected chi connectivity index (χ1v) is 7.46. The highest BCUT2D eigenvalue weighted by Crippen LogP contribution is 2.20. The van der Waals surface area contributed by atoms with Crippen molar-refractivity contribution in [1.82, 2.24) is 15.0 Å². The van der Waals surface area contributed by atoms with Gasteiger partial charge in [0.05, 0.1) is 12.1 Å². The Labute approximate surface area is 134 Å². The molecule has 23 heavy (non-hydrogen) atoms. The Balaban J connectivity index is 1.93. The van der Waals surface area contributed by atoms with Gasteiger partial charge in [-0.2, -0.15) is 4.98 Å². The number of aromatic nitrogens is 3. The number of benzene rings is 1. The minimum absolute atomic E-state index is 0.232. The third kappa shape index (κ3) is 3.73. The molecule has 3 aromatic rings. The first-order chi connectivity index (χ1) is 11.3. The van der Waals surface area contributed by atoms with E-state index in [1.165, 1.54) is 5.56 Å². The topological polar surface area (TPSA) is 86.0 Å². The lowest BCUT2D eigenvalue weighted by atomic mass is 10.1. The molecule has 6 nitrogen and oxygen atoms in total. The number of hydrogen-bond acceptors (Lipinski definition) is 6. The number of pyridine rings is 1. The van der Waals surface area contributed by atoms with E-state index in [1.54, 1.807) is 7.11 Å². The van der Waals surface area contributed by atoms with E-state index in [2.05, 4.69) is 27.4 Å². The Kier molecular flexibility index (Phi) is 4.63. The highest BCUT2D eigenvalue weighted by molar-refractivity contribution is 5.86. The summed E-state index contributed by atoms with van der Waals surface area (Å²) in [5, 5.41) is 3.20. The number of fused-ring (bicyclic) bond motifs is 1. The zero-order valence-electron chi connectivity index (χ0n) is 13.0. The number of methoxy groups -OCH3 is 1. The van der Waals surface area contributed by atoms with Crippen LogP contribution in [-0.2, 0) is 11.2 Å². The smallest absolute Gasteiger partial charge is 0.222 e. The number of nitrogen functional groups attached to an aromatic ring is 1. The maximum absolute atomic E-state index is 5.77. The van der Waals surface area contributed by atoms with Gasteiger partial charge < -0.3 is 15.8 Å². The molecule has 1 aromatic carbocycles. The van der Waals surface area contributed by atoms with Gasteiger partial charge in [-0.1, -0.05) is 30.3 Å². The summed E-state index contributed by atoms with van der Waals surface area (Å²) < 4.78 is 5.05. The van der Waals surface area contributed by atoms with Crippen molar-refractivity contribution in [3.8, 4) is 0 Å². The minimum atomic E-state index is 0.232. The van der Waals surface area contributed by atoms with Crippen LogP contribution in [0.2, 0.25) is 0 Å². The number of anilines is 2. The van der Waals surface area contributed by atoms with Crippen LogP contribution in [0.25, 0.3) is 11.0 Å². The van der Waals surface area contributed by atoms with Crippen LogP contribution in [0, 0.1) is 0 Å². The van der Waals surface area contributed by atoms with E-state index in [1.807, 2.05) is 30.3 Å². The summed E-state index contributed by atoms with van der Waals surface area (Å²) in [7, 11) is 1.66. The average Bonchev–Trinajstić information content (AvgIpc) is 2.56. The second-order valence-electron chi connectivity index (χ2n) is 5.18. The zero-order valence-corrected chi connectivity index (χ0v) is 13.0. The van der Waals surface area contributed by atoms with Crippen LogP contribution in [0.4, 0.5) is 11.8 Å². The van der Waals surface area contributed by atoms with Crippen LogP contribution in [0.15, 0.2) is 42.5 Å². The summed E-state index contributed by atoms with van der Waals surface area (Å²) in [6.07, 6.45) is 0.763. The Morgan fingerprint density at radius 3 is 2.65 bits per heavy atom. The molecule has 3 rings (SSSR count). The largest absolute Gasteiger partial charge is 0.383 e. The van der Waals surface area contributed by atoms with Gasteiger partial charge in [0.25, 0.3) is 0 Å². The van der Waals surface area contributed by atoms with Gasteiger partial charge in [0.15, 0.2) is 5.82 Å². The van der Waals surface area contributed by atoms with E-state index in [0.717, 1.165) is 23.1 Å². The molecule has 0 saturated heterocycles.